The third kappa shape index (κ3) is 2.83. The lowest BCUT2D eigenvalue weighted by molar-refractivity contribution is 0.0606. The lowest BCUT2D eigenvalue weighted by Gasteiger charge is -2.35. The van der Waals surface area contributed by atoms with E-state index in [2.05, 4.69) is 10.1 Å². The van der Waals surface area contributed by atoms with Crippen LogP contribution < -0.4 is 0 Å². The predicted molar refractivity (Wildman–Crippen MR) is 102 cm³/mol. The Morgan fingerprint density at radius 3 is 3.00 bits per heavy atom. The summed E-state index contributed by atoms with van der Waals surface area (Å²) in [6.07, 6.45) is 8.35. The summed E-state index contributed by atoms with van der Waals surface area (Å²) < 4.78 is 1.74. The summed E-state index contributed by atoms with van der Waals surface area (Å²) in [5, 5.41) is 5.18. The van der Waals surface area contributed by atoms with Crippen LogP contribution in [0.1, 0.15) is 41.4 Å². The summed E-state index contributed by atoms with van der Waals surface area (Å²) in [7, 11) is 0. The van der Waals surface area contributed by atoms with E-state index in [1.165, 1.54) is 0 Å². The van der Waals surface area contributed by atoms with E-state index in [0.717, 1.165) is 48.1 Å². The van der Waals surface area contributed by atoms with E-state index in [-0.39, 0.29) is 11.9 Å². The minimum absolute atomic E-state index is 0.0161. The zero-order valence-electron chi connectivity index (χ0n) is 14.8. The summed E-state index contributed by atoms with van der Waals surface area (Å²) in [6.45, 7) is 0.739. The molecule has 3 aromatic heterocycles. The lowest BCUT2D eigenvalue weighted by atomic mass is 9.98. The number of fused-ring (bicyclic) bond motifs is 2. The predicted octanol–water partition coefficient (Wildman–Crippen LogP) is 3.64. The van der Waals surface area contributed by atoms with Crippen LogP contribution in [-0.2, 0) is 0 Å². The second-order valence-electron chi connectivity index (χ2n) is 6.91. The van der Waals surface area contributed by atoms with Crippen molar-refractivity contribution in [1.82, 2.24) is 24.5 Å². The minimum Gasteiger partial charge on any atom is -0.330 e. The second kappa shape index (κ2) is 6.46. The van der Waals surface area contributed by atoms with Gasteiger partial charge in [0.1, 0.15) is 0 Å². The third-order valence-electron chi connectivity index (χ3n) is 5.22. The number of likely N-dealkylation sites (tertiary alicyclic amines) is 1. The Hall–Kier alpha value is -3.28. The average molecular weight is 357 g/mol. The molecule has 0 spiro atoms. The van der Waals surface area contributed by atoms with Crippen LogP contribution in [0.2, 0.25) is 0 Å². The largest absolute Gasteiger partial charge is 0.330 e. The standard InChI is InChI=1S/C21H19N5O/c27-21(16-13-15-5-1-2-6-17(15)22-14-16)25-11-4-3-7-19(25)18-9-12-26-20(24-18)8-10-23-26/h1-2,5-6,8-10,12-14,19H,3-4,7,11H2/t19-/m1/s1. The first-order chi connectivity index (χ1) is 13.3. The first kappa shape index (κ1) is 15.9. The molecule has 1 saturated heterocycles. The van der Waals surface area contributed by atoms with Crippen LogP contribution in [0.5, 0.6) is 0 Å². The van der Waals surface area contributed by atoms with Gasteiger partial charge >= 0.3 is 0 Å². The topological polar surface area (TPSA) is 63.4 Å². The van der Waals surface area contributed by atoms with E-state index in [4.69, 9.17) is 4.98 Å². The zero-order valence-corrected chi connectivity index (χ0v) is 14.8. The van der Waals surface area contributed by atoms with Crippen LogP contribution in [0.15, 0.2) is 61.1 Å². The highest BCUT2D eigenvalue weighted by Crippen LogP contribution is 2.31. The summed E-state index contributed by atoms with van der Waals surface area (Å²) >= 11 is 0. The highest BCUT2D eigenvalue weighted by atomic mass is 16.2. The van der Waals surface area contributed by atoms with E-state index in [0.29, 0.717) is 5.56 Å². The van der Waals surface area contributed by atoms with Gasteiger partial charge < -0.3 is 4.90 Å². The Labute approximate surface area is 156 Å². The van der Waals surface area contributed by atoms with Gasteiger partial charge in [0, 0.05) is 30.4 Å². The van der Waals surface area contributed by atoms with Crippen molar-refractivity contribution in [1.29, 1.82) is 0 Å². The quantitative estimate of drug-likeness (QED) is 0.549. The Kier molecular flexibility index (Phi) is 3.81. The Bertz CT molecular complexity index is 1140. The molecule has 0 aliphatic carbocycles. The third-order valence-corrected chi connectivity index (χ3v) is 5.22. The summed E-state index contributed by atoms with van der Waals surface area (Å²) in [6, 6.07) is 13.6. The van der Waals surface area contributed by atoms with Gasteiger partial charge in [0.15, 0.2) is 5.65 Å². The number of amides is 1. The van der Waals surface area contributed by atoms with Crippen LogP contribution in [-0.4, -0.2) is 36.9 Å². The fourth-order valence-electron chi connectivity index (χ4n) is 3.85. The Morgan fingerprint density at radius 1 is 1.11 bits per heavy atom. The molecule has 0 saturated carbocycles. The van der Waals surface area contributed by atoms with Gasteiger partial charge in [-0.1, -0.05) is 18.2 Å². The van der Waals surface area contributed by atoms with Crippen molar-refractivity contribution in [3.63, 3.8) is 0 Å². The van der Waals surface area contributed by atoms with Gasteiger partial charge in [-0.05, 0) is 37.5 Å². The number of aromatic nitrogens is 4. The molecule has 0 N–H and O–H groups in total. The average Bonchev–Trinajstić information content (AvgIpc) is 3.21. The molecule has 27 heavy (non-hydrogen) atoms. The number of nitrogens with zero attached hydrogens (tertiary/aromatic N) is 5. The monoisotopic (exact) mass is 357 g/mol. The number of para-hydroxylation sites is 1. The van der Waals surface area contributed by atoms with Gasteiger partial charge in [0.25, 0.3) is 5.91 Å². The fraction of sp³-hybridized carbons (Fsp3) is 0.238. The molecule has 0 bridgehead atoms. The summed E-state index contributed by atoms with van der Waals surface area (Å²) in [5.74, 6) is 0.0214. The van der Waals surface area contributed by atoms with Gasteiger partial charge in [0.05, 0.1) is 29.0 Å². The number of benzene rings is 1. The molecular weight excluding hydrogens is 338 g/mol. The maximum atomic E-state index is 13.3. The highest BCUT2D eigenvalue weighted by molar-refractivity contribution is 5.97. The normalized spacial score (nSPS) is 17.5. The molecule has 1 fully saturated rings. The maximum absolute atomic E-state index is 13.3. The van der Waals surface area contributed by atoms with Crippen molar-refractivity contribution in [2.45, 2.75) is 25.3 Å². The Morgan fingerprint density at radius 2 is 2.04 bits per heavy atom. The molecule has 4 aromatic rings. The number of carbonyl (C=O) groups is 1. The summed E-state index contributed by atoms with van der Waals surface area (Å²) in [5.41, 5.74) is 3.26. The molecule has 0 radical (unpaired) electrons. The lowest BCUT2D eigenvalue weighted by Crippen LogP contribution is -2.39. The van der Waals surface area contributed by atoms with Crippen LogP contribution in [0.25, 0.3) is 16.6 Å². The summed E-state index contributed by atoms with van der Waals surface area (Å²) in [4.78, 5) is 24.4. The number of hydrogen-bond donors (Lipinski definition) is 0. The van der Waals surface area contributed by atoms with Gasteiger partial charge in [-0.2, -0.15) is 5.10 Å². The van der Waals surface area contributed by atoms with Gasteiger partial charge in [-0.15, -0.1) is 0 Å². The van der Waals surface area contributed by atoms with Crippen molar-refractivity contribution >= 4 is 22.5 Å². The van der Waals surface area contributed by atoms with Crippen LogP contribution in [0.3, 0.4) is 0 Å². The first-order valence-electron chi connectivity index (χ1n) is 9.26. The van der Waals surface area contributed by atoms with Crippen molar-refractivity contribution in [3.05, 3.63) is 72.3 Å². The van der Waals surface area contributed by atoms with Crippen LogP contribution in [0.4, 0.5) is 0 Å². The van der Waals surface area contributed by atoms with Crippen molar-refractivity contribution in [2.24, 2.45) is 0 Å². The highest BCUT2D eigenvalue weighted by Gasteiger charge is 2.30. The number of rotatable bonds is 2. The second-order valence-corrected chi connectivity index (χ2v) is 6.91. The minimum atomic E-state index is -0.0161. The molecule has 6 heteroatoms. The molecule has 134 valence electrons. The molecule has 6 nitrogen and oxygen atoms in total. The Balaban J connectivity index is 1.51. The molecule has 1 aromatic carbocycles. The molecule has 4 heterocycles. The van der Waals surface area contributed by atoms with E-state index in [9.17, 15) is 4.79 Å². The van der Waals surface area contributed by atoms with Gasteiger partial charge in [-0.3, -0.25) is 9.78 Å². The molecule has 0 unspecified atom stereocenters. The number of piperidine rings is 1. The first-order valence-corrected chi connectivity index (χ1v) is 9.26. The smallest absolute Gasteiger partial charge is 0.256 e. The fourth-order valence-corrected chi connectivity index (χ4v) is 3.85. The van der Waals surface area contributed by atoms with Crippen LogP contribution in [0, 0.1) is 0 Å². The molecule has 1 aliphatic heterocycles. The van der Waals surface area contributed by atoms with Crippen molar-refractivity contribution in [2.75, 3.05) is 6.54 Å². The number of carbonyl (C=O) groups excluding carboxylic acids is 1. The molecule has 1 aliphatic rings. The van der Waals surface area contributed by atoms with E-state index in [1.54, 1.807) is 16.9 Å². The van der Waals surface area contributed by atoms with Crippen molar-refractivity contribution in [3.8, 4) is 0 Å². The molecule has 1 amide bonds. The number of hydrogen-bond acceptors (Lipinski definition) is 4. The van der Waals surface area contributed by atoms with Gasteiger partial charge in [0.2, 0.25) is 0 Å². The molecular formula is C21H19N5O. The van der Waals surface area contributed by atoms with E-state index < -0.39 is 0 Å². The molecule has 1 atom stereocenters. The van der Waals surface area contributed by atoms with Gasteiger partial charge in [-0.25, -0.2) is 9.50 Å². The zero-order chi connectivity index (χ0) is 18.2. The number of pyridine rings is 1. The molecule has 5 rings (SSSR count). The van der Waals surface area contributed by atoms with Crippen LogP contribution >= 0.6 is 0 Å². The van der Waals surface area contributed by atoms with E-state index in [1.807, 2.05) is 53.6 Å². The van der Waals surface area contributed by atoms with Crippen molar-refractivity contribution < 1.29 is 4.79 Å². The van der Waals surface area contributed by atoms with E-state index >= 15 is 0 Å². The maximum Gasteiger partial charge on any atom is 0.256 e. The SMILES string of the molecule is O=C(c1cnc2ccccc2c1)N1CCCC[C@@H]1c1ccn2nccc2n1.